The van der Waals surface area contributed by atoms with Crippen LogP contribution in [-0.2, 0) is 10.2 Å². The first-order chi connectivity index (χ1) is 24.4. The van der Waals surface area contributed by atoms with Crippen molar-refractivity contribution in [2.24, 2.45) is 5.41 Å². The predicted molar refractivity (Wildman–Crippen MR) is 205 cm³/mol. The first kappa shape index (κ1) is 33.5. The predicted octanol–water partition coefficient (Wildman–Crippen LogP) is 11.5. The summed E-state index contributed by atoms with van der Waals surface area (Å²) >= 11 is 0. The van der Waals surface area contributed by atoms with E-state index in [1.54, 1.807) is 12.3 Å². The van der Waals surface area contributed by atoms with Gasteiger partial charge in [-0.1, -0.05) is 107 Å². The molecule has 2 N–H and O–H groups in total. The van der Waals surface area contributed by atoms with Crippen LogP contribution in [-0.4, -0.2) is 24.0 Å². The fourth-order valence-corrected chi connectivity index (χ4v) is 7.46. The van der Waals surface area contributed by atoms with Crippen LogP contribution in [0, 0.1) is 5.41 Å². The molecule has 0 saturated heterocycles. The maximum atomic E-state index is 14.5. The van der Waals surface area contributed by atoms with Crippen molar-refractivity contribution in [2.75, 3.05) is 17.7 Å². The van der Waals surface area contributed by atoms with E-state index in [1.165, 1.54) is 12.7 Å². The Labute approximate surface area is 298 Å². The summed E-state index contributed by atoms with van der Waals surface area (Å²) in [6.45, 7) is 11.4. The SMILES string of the molecule is COC(=O)Nc1ccccc1-c1ncc2c(Oc3ccc(C(C)(C)CC(C)(C)C)cc3)cc(Nc3ccccc3)c3c2c1-c1ccccc1C3=O. The van der Waals surface area contributed by atoms with E-state index in [4.69, 9.17) is 14.5 Å². The number of carbonyl (C=O) groups excluding carboxylic acids is 2. The van der Waals surface area contributed by atoms with Crippen molar-refractivity contribution in [1.29, 1.82) is 0 Å². The number of hydrogen-bond donors (Lipinski definition) is 2. The number of hydrogen-bond acceptors (Lipinski definition) is 6. The molecule has 0 aliphatic heterocycles. The van der Waals surface area contributed by atoms with Gasteiger partial charge in [0.15, 0.2) is 5.78 Å². The van der Waals surface area contributed by atoms with E-state index in [9.17, 15) is 9.59 Å². The lowest BCUT2D eigenvalue weighted by molar-refractivity contribution is 0.104. The number of nitrogens with zero attached hydrogens (tertiary/aromatic N) is 1. The number of ether oxygens (including phenoxy) is 2. The molecule has 1 heterocycles. The molecular weight excluding hydrogens is 635 g/mol. The molecule has 256 valence electrons. The molecule has 6 aromatic rings. The molecule has 1 aliphatic rings. The lowest BCUT2D eigenvalue weighted by atomic mass is 9.72. The third kappa shape index (κ3) is 6.55. The van der Waals surface area contributed by atoms with Gasteiger partial charge in [-0.15, -0.1) is 0 Å². The fraction of sp³-hybridized carbons (Fsp3) is 0.205. The molecular formula is C44H41N3O4. The largest absolute Gasteiger partial charge is 0.457 e. The number of anilines is 3. The lowest BCUT2D eigenvalue weighted by Crippen LogP contribution is -2.24. The summed E-state index contributed by atoms with van der Waals surface area (Å²) in [6.07, 6.45) is 2.20. The zero-order chi connectivity index (χ0) is 35.9. The third-order valence-corrected chi connectivity index (χ3v) is 9.30. The van der Waals surface area contributed by atoms with Gasteiger partial charge >= 0.3 is 6.09 Å². The number of carbonyl (C=O) groups is 2. The summed E-state index contributed by atoms with van der Waals surface area (Å²) in [5, 5.41) is 7.77. The van der Waals surface area contributed by atoms with Crippen LogP contribution in [0.3, 0.4) is 0 Å². The summed E-state index contributed by atoms with van der Waals surface area (Å²) < 4.78 is 11.6. The van der Waals surface area contributed by atoms with Crippen LogP contribution in [0.1, 0.15) is 62.5 Å². The van der Waals surface area contributed by atoms with Crippen LogP contribution in [0.5, 0.6) is 11.5 Å². The van der Waals surface area contributed by atoms with E-state index in [1.807, 2.05) is 91.0 Å². The molecule has 7 rings (SSSR count). The number of ketones is 1. The number of pyridine rings is 1. The molecule has 1 amide bonds. The van der Waals surface area contributed by atoms with Gasteiger partial charge < -0.3 is 14.8 Å². The molecule has 0 saturated carbocycles. The number of amides is 1. The Bertz CT molecular complexity index is 2290. The molecule has 0 bridgehead atoms. The van der Waals surface area contributed by atoms with Gasteiger partial charge in [0.2, 0.25) is 0 Å². The molecule has 5 aromatic carbocycles. The van der Waals surface area contributed by atoms with Crippen LogP contribution in [0.2, 0.25) is 0 Å². The fourth-order valence-electron chi connectivity index (χ4n) is 7.46. The van der Waals surface area contributed by atoms with E-state index < -0.39 is 6.09 Å². The van der Waals surface area contributed by atoms with Crippen LogP contribution >= 0.6 is 0 Å². The summed E-state index contributed by atoms with van der Waals surface area (Å²) in [5.41, 5.74) is 7.31. The van der Waals surface area contributed by atoms with E-state index in [0.717, 1.165) is 28.6 Å². The van der Waals surface area contributed by atoms with Crippen molar-refractivity contribution < 1.29 is 19.1 Å². The third-order valence-electron chi connectivity index (χ3n) is 9.30. The van der Waals surface area contributed by atoms with Crippen molar-refractivity contribution in [3.05, 3.63) is 132 Å². The van der Waals surface area contributed by atoms with Crippen molar-refractivity contribution in [1.82, 2.24) is 4.98 Å². The number of methoxy groups -OCH3 is 1. The highest BCUT2D eigenvalue weighted by Gasteiger charge is 2.33. The second kappa shape index (κ2) is 13.1. The second-order valence-corrected chi connectivity index (χ2v) is 14.8. The quantitative estimate of drug-likeness (QED) is 0.167. The van der Waals surface area contributed by atoms with E-state index >= 15 is 0 Å². The first-order valence-corrected chi connectivity index (χ1v) is 17.1. The number of aromatic nitrogens is 1. The van der Waals surface area contributed by atoms with Crippen molar-refractivity contribution in [3.63, 3.8) is 0 Å². The van der Waals surface area contributed by atoms with Gasteiger partial charge in [-0.25, -0.2) is 4.79 Å². The molecule has 0 radical (unpaired) electrons. The Morgan fingerprint density at radius 3 is 2.08 bits per heavy atom. The summed E-state index contributed by atoms with van der Waals surface area (Å²) in [7, 11) is 1.33. The Hall–Kier alpha value is -5.95. The highest BCUT2D eigenvalue weighted by molar-refractivity contribution is 6.30. The van der Waals surface area contributed by atoms with E-state index in [0.29, 0.717) is 50.6 Å². The minimum Gasteiger partial charge on any atom is -0.457 e. The molecule has 1 aromatic heterocycles. The minimum absolute atomic E-state index is 0.0170. The minimum atomic E-state index is -0.592. The van der Waals surface area contributed by atoms with Crippen LogP contribution in [0.15, 0.2) is 115 Å². The van der Waals surface area contributed by atoms with Gasteiger partial charge in [0, 0.05) is 45.4 Å². The first-order valence-electron chi connectivity index (χ1n) is 17.1. The Kier molecular flexibility index (Phi) is 8.59. The van der Waals surface area contributed by atoms with Crippen molar-refractivity contribution >= 4 is 39.7 Å². The average Bonchev–Trinajstić information content (AvgIpc) is 3.11. The molecule has 0 unspecified atom stereocenters. The normalized spacial score (nSPS) is 12.3. The van der Waals surface area contributed by atoms with Gasteiger partial charge in [-0.05, 0) is 58.7 Å². The zero-order valence-corrected chi connectivity index (χ0v) is 29.8. The van der Waals surface area contributed by atoms with Gasteiger partial charge in [0.1, 0.15) is 11.5 Å². The van der Waals surface area contributed by atoms with Gasteiger partial charge in [0.25, 0.3) is 0 Å². The number of rotatable bonds is 8. The Morgan fingerprint density at radius 2 is 1.39 bits per heavy atom. The highest BCUT2D eigenvalue weighted by atomic mass is 16.5. The topological polar surface area (TPSA) is 89.6 Å². The molecule has 0 fully saturated rings. The molecule has 0 spiro atoms. The molecule has 1 aliphatic carbocycles. The zero-order valence-electron chi connectivity index (χ0n) is 29.8. The average molecular weight is 676 g/mol. The standard InChI is InChI=1S/C44H41N3O4/c1-43(2,3)26-44(4,5)27-20-22-29(23-21-27)51-36-24-35(46-28-14-8-7-9-15-28)39-37-33(36)25-45-40(32-18-12-13-19-34(32)47-42(49)50-6)38(37)30-16-10-11-17-31(30)41(39)48/h7-25,46H,26H2,1-6H3,(H,47,49). The molecule has 7 heteroatoms. The van der Waals surface area contributed by atoms with Gasteiger partial charge in [0.05, 0.1) is 29.7 Å². The maximum Gasteiger partial charge on any atom is 0.411 e. The number of nitrogens with one attached hydrogen (secondary N) is 2. The summed E-state index contributed by atoms with van der Waals surface area (Å²) in [6, 6.07) is 35.0. The molecule has 0 atom stereocenters. The highest BCUT2D eigenvalue weighted by Crippen LogP contribution is 2.50. The lowest BCUT2D eigenvalue weighted by Gasteiger charge is -2.33. The monoisotopic (exact) mass is 675 g/mol. The molecule has 51 heavy (non-hydrogen) atoms. The van der Waals surface area contributed by atoms with Gasteiger partial charge in [-0.2, -0.15) is 0 Å². The van der Waals surface area contributed by atoms with E-state index in [2.05, 4.69) is 57.4 Å². The number of benzene rings is 5. The second-order valence-electron chi connectivity index (χ2n) is 14.8. The van der Waals surface area contributed by atoms with Crippen LogP contribution in [0.25, 0.3) is 33.2 Å². The van der Waals surface area contributed by atoms with Crippen LogP contribution in [0.4, 0.5) is 21.9 Å². The maximum absolute atomic E-state index is 14.5. The molecule has 7 nitrogen and oxygen atoms in total. The Balaban J connectivity index is 1.46. The number of fused-ring (bicyclic) bond motifs is 2. The van der Waals surface area contributed by atoms with Crippen molar-refractivity contribution in [3.8, 4) is 33.9 Å². The summed E-state index contributed by atoms with van der Waals surface area (Å²) in [5.74, 6) is 1.13. The summed E-state index contributed by atoms with van der Waals surface area (Å²) in [4.78, 5) is 32.0. The van der Waals surface area contributed by atoms with Crippen LogP contribution < -0.4 is 15.4 Å². The number of para-hydroxylation sites is 2. The van der Waals surface area contributed by atoms with E-state index in [-0.39, 0.29) is 16.6 Å². The smallest absolute Gasteiger partial charge is 0.411 e. The Morgan fingerprint density at radius 1 is 0.745 bits per heavy atom. The van der Waals surface area contributed by atoms with Crippen molar-refractivity contribution in [2.45, 2.75) is 46.5 Å². The van der Waals surface area contributed by atoms with Gasteiger partial charge in [-0.3, -0.25) is 15.1 Å².